The minimum Gasteiger partial charge on any atom is -0.478 e. The van der Waals surface area contributed by atoms with Gasteiger partial charge in [-0.15, -0.1) is 11.3 Å². The van der Waals surface area contributed by atoms with Crippen LogP contribution < -0.4 is 5.32 Å². The second kappa shape index (κ2) is 5.88. The van der Waals surface area contributed by atoms with E-state index in [9.17, 15) is 9.59 Å². The van der Waals surface area contributed by atoms with E-state index >= 15 is 0 Å². The number of aromatic carboxylic acids is 1. The number of carbonyl (C=O) groups is 2. The van der Waals surface area contributed by atoms with Crippen molar-refractivity contribution in [1.82, 2.24) is 10.3 Å². The van der Waals surface area contributed by atoms with Gasteiger partial charge >= 0.3 is 5.97 Å². The molecule has 0 saturated carbocycles. The van der Waals surface area contributed by atoms with Crippen molar-refractivity contribution in [1.29, 1.82) is 0 Å². The molecule has 0 atom stereocenters. The molecule has 0 bridgehead atoms. The molecule has 0 unspecified atom stereocenters. The van der Waals surface area contributed by atoms with Gasteiger partial charge in [-0.05, 0) is 45.9 Å². The Bertz CT molecular complexity index is 715. The number of nitrogens with zero attached hydrogens (tertiary/aromatic N) is 1. The van der Waals surface area contributed by atoms with Crippen LogP contribution in [0, 0.1) is 13.8 Å². The minimum atomic E-state index is -1.06. The maximum absolute atomic E-state index is 12.4. The number of hydrogen-bond donors (Lipinski definition) is 2. The van der Waals surface area contributed by atoms with Gasteiger partial charge in [0, 0.05) is 10.4 Å². The average molecular weight is 318 g/mol. The second-order valence-corrected chi connectivity index (χ2v) is 6.83. The summed E-state index contributed by atoms with van der Waals surface area (Å²) in [6, 6.07) is 5.98. The summed E-state index contributed by atoms with van der Waals surface area (Å²) in [5.41, 5.74) is 0.736. The lowest BCUT2D eigenvalue weighted by molar-refractivity contribution is 0.0697. The van der Waals surface area contributed by atoms with Gasteiger partial charge in [-0.2, -0.15) is 0 Å². The molecule has 6 heteroatoms. The fraction of sp³-hybridized carbons (Fsp3) is 0.312. The van der Waals surface area contributed by atoms with Crippen LogP contribution in [0.2, 0.25) is 0 Å². The number of carboxylic acid groups (broad SMARTS) is 1. The third kappa shape index (κ3) is 3.33. The van der Waals surface area contributed by atoms with E-state index in [1.54, 1.807) is 23.5 Å². The van der Waals surface area contributed by atoms with E-state index in [2.05, 4.69) is 10.3 Å². The van der Waals surface area contributed by atoms with Crippen molar-refractivity contribution in [3.05, 3.63) is 51.0 Å². The summed E-state index contributed by atoms with van der Waals surface area (Å²) in [4.78, 5) is 29.0. The van der Waals surface area contributed by atoms with Crippen molar-refractivity contribution in [2.75, 3.05) is 0 Å². The molecule has 1 heterocycles. The van der Waals surface area contributed by atoms with Crippen molar-refractivity contribution >= 4 is 23.2 Å². The van der Waals surface area contributed by atoms with E-state index < -0.39 is 11.5 Å². The molecule has 1 amide bonds. The Labute approximate surface area is 133 Å². The predicted molar refractivity (Wildman–Crippen MR) is 85.5 cm³/mol. The van der Waals surface area contributed by atoms with Gasteiger partial charge in [-0.1, -0.05) is 6.07 Å². The molecule has 1 aromatic heterocycles. The summed E-state index contributed by atoms with van der Waals surface area (Å²) in [7, 11) is 0. The molecule has 22 heavy (non-hydrogen) atoms. The topological polar surface area (TPSA) is 79.3 Å². The van der Waals surface area contributed by atoms with Gasteiger partial charge < -0.3 is 10.4 Å². The molecule has 1 aromatic carbocycles. The molecule has 2 rings (SSSR count). The maximum atomic E-state index is 12.4. The predicted octanol–water partition coefficient (Wildman–Crippen LogP) is 3.12. The highest BCUT2D eigenvalue weighted by atomic mass is 32.1. The normalized spacial score (nSPS) is 11.3. The van der Waals surface area contributed by atoms with Crippen LogP contribution in [0.3, 0.4) is 0 Å². The van der Waals surface area contributed by atoms with Gasteiger partial charge in [-0.25, -0.2) is 9.78 Å². The summed E-state index contributed by atoms with van der Waals surface area (Å²) in [5.74, 6) is -1.38. The van der Waals surface area contributed by atoms with Crippen LogP contribution in [-0.4, -0.2) is 22.0 Å². The minimum absolute atomic E-state index is 0.0893. The molecule has 2 aromatic rings. The highest BCUT2D eigenvalue weighted by molar-refractivity contribution is 7.11. The summed E-state index contributed by atoms with van der Waals surface area (Å²) < 4.78 is 0. The molecule has 0 radical (unpaired) electrons. The molecule has 0 aliphatic rings. The van der Waals surface area contributed by atoms with Crippen molar-refractivity contribution in [3.63, 3.8) is 0 Å². The van der Waals surface area contributed by atoms with Crippen molar-refractivity contribution in [2.24, 2.45) is 0 Å². The largest absolute Gasteiger partial charge is 0.478 e. The van der Waals surface area contributed by atoms with Gasteiger partial charge in [0.15, 0.2) is 0 Å². The highest BCUT2D eigenvalue weighted by Gasteiger charge is 2.27. The molecule has 116 valence electrons. The fourth-order valence-corrected chi connectivity index (χ4v) is 2.92. The third-order valence-electron chi connectivity index (χ3n) is 3.36. The van der Waals surface area contributed by atoms with Crippen LogP contribution in [0.25, 0.3) is 0 Å². The zero-order valence-corrected chi connectivity index (χ0v) is 13.7. The van der Waals surface area contributed by atoms with Gasteiger partial charge in [0.2, 0.25) is 0 Å². The number of aryl methyl sites for hydroxylation is 2. The van der Waals surface area contributed by atoms with Crippen molar-refractivity contribution in [3.8, 4) is 0 Å². The number of carbonyl (C=O) groups excluding carboxylic acids is 1. The first-order chi connectivity index (χ1) is 10.2. The fourth-order valence-electron chi connectivity index (χ4n) is 1.94. The number of rotatable bonds is 4. The molecular formula is C16H18N2O3S. The Kier molecular flexibility index (Phi) is 4.32. The van der Waals surface area contributed by atoms with Gasteiger partial charge in [0.1, 0.15) is 5.01 Å². The number of thiazole rings is 1. The van der Waals surface area contributed by atoms with Crippen molar-refractivity contribution < 1.29 is 14.7 Å². The smallest absolute Gasteiger partial charge is 0.335 e. The number of aromatic nitrogens is 1. The third-order valence-corrected chi connectivity index (χ3v) is 4.76. The first-order valence-electron chi connectivity index (χ1n) is 6.81. The molecular weight excluding hydrogens is 300 g/mol. The Morgan fingerprint density at radius 1 is 1.23 bits per heavy atom. The van der Waals surface area contributed by atoms with Crippen molar-refractivity contribution in [2.45, 2.75) is 33.2 Å². The molecule has 0 spiro atoms. The zero-order chi connectivity index (χ0) is 16.5. The van der Waals surface area contributed by atoms with Crippen LogP contribution in [0.1, 0.15) is 50.1 Å². The van der Waals surface area contributed by atoms with Crippen LogP contribution in [0.4, 0.5) is 0 Å². The summed E-state index contributed by atoms with van der Waals surface area (Å²) in [6.07, 6.45) is 0. The molecule has 0 fully saturated rings. The molecule has 0 saturated heterocycles. The number of nitrogens with one attached hydrogen (secondary N) is 1. The molecule has 0 aliphatic heterocycles. The van der Waals surface area contributed by atoms with Crippen LogP contribution in [0.5, 0.6) is 0 Å². The summed E-state index contributed by atoms with van der Waals surface area (Å²) >= 11 is 1.55. The number of hydrogen-bond acceptors (Lipinski definition) is 4. The quantitative estimate of drug-likeness (QED) is 0.907. The van der Waals surface area contributed by atoms with E-state index in [0.717, 1.165) is 15.6 Å². The molecule has 2 N–H and O–H groups in total. The van der Waals surface area contributed by atoms with Gasteiger partial charge in [0.25, 0.3) is 5.91 Å². The van der Waals surface area contributed by atoms with E-state index in [1.807, 2.05) is 27.7 Å². The van der Waals surface area contributed by atoms with Crippen LogP contribution in [0.15, 0.2) is 24.3 Å². The Morgan fingerprint density at radius 3 is 2.41 bits per heavy atom. The molecule has 5 nitrogen and oxygen atoms in total. The van der Waals surface area contributed by atoms with Gasteiger partial charge in [-0.3, -0.25) is 4.79 Å². The lowest BCUT2D eigenvalue weighted by Gasteiger charge is -2.24. The number of amides is 1. The Morgan fingerprint density at radius 2 is 1.86 bits per heavy atom. The van der Waals surface area contributed by atoms with Crippen LogP contribution in [-0.2, 0) is 5.54 Å². The van der Waals surface area contributed by atoms with E-state index in [0.29, 0.717) is 5.56 Å². The lowest BCUT2D eigenvalue weighted by atomic mass is 10.0. The first-order valence-corrected chi connectivity index (χ1v) is 7.63. The zero-order valence-electron chi connectivity index (χ0n) is 12.9. The number of carboxylic acids is 1. The standard InChI is InChI=1S/C16H18N2O3S/c1-9-10(2)22-15(17-9)16(3,4)18-13(19)11-6-5-7-12(8-11)14(20)21/h5-8H,1-4H3,(H,18,19)(H,20,21). The maximum Gasteiger partial charge on any atom is 0.335 e. The lowest BCUT2D eigenvalue weighted by Crippen LogP contribution is -2.41. The van der Waals surface area contributed by atoms with Gasteiger partial charge in [0.05, 0.1) is 16.8 Å². The highest BCUT2D eigenvalue weighted by Crippen LogP contribution is 2.27. The van der Waals surface area contributed by atoms with Crippen LogP contribution >= 0.6 is 11.3 Å². The van der Waals surface area contributed by atoms with E-state index in [4.69, 9.17) is 5.11 Å². The monoisotopic (exact) mass is 318 g/mol. The average Bonchev–Trinajstić information content (AvgIpc) is 2.79. The summed E-state index contributed by atoms with van der Waals surface area (Å²) in [6.45, 7) is 7.68. The second-order valence-electron chi connectivity index (χ2n) is 5.63. The summed E-state index contributed by atoms with van der Waals surface area (Å²) in [5, 5.41) is 12.7. The van der Waals surface area contributed by atoms with E-state index in [-0.39, 0.29) is 11.5 Å². The Hall–Kier alpha value is -2.21. The number of benzene rings is 1. The first kappa shape index (κ1) is 16.2. The van der Waals surface area contributed by atoms with E-state index in [1.165, 1.54) is 12.1 Å². The molecule has 0 aliphatic carbocycles. The Balaban J connectivity index is 2.23. The SMILES string of the molecule is Cc1nc(C(C)(C)NC(=O)c2cccc(C(=O)O)c2)sc1C.